The van der Waals surface area contributed by atoms with Crippen molar-refractivity contribution < 1.29 is 4.79 Å². The van der Waals surface area contributed by atoms with Gasteiger partial charge in [0.2, 0.25) is 11.8 Å². The van der Waals surface area contributed by atoms with Gasteiger partial charge in [0.05, 0.1) is 6.04 Å². The van der Waals surface area contributed by atoms with Crippen LogP contribution in [0.5, 0.6) is 0 Å². The lowest BCUT2D eigenvalue weighted by Crippen LogP contribution is -2.28. The number of thiophene rings is 1. The molecule has 0 aliphatic rings. The highest BCUT2D eigenvalue weighted by Crippen LogP contribution is 2.21. The number of aromatic nitrogens is 3. The van der Waals surface area contributed by atoms with E-state index in [0.717, 1.165) is 11.3 Å². The van der Waals surface area contributed by atoms with Crippen LogP contribution in [0.3, 0.4) is 0 Å². The van der Waals surface area contributed by atoms with E-state index in [1.54, 1.807) is 11.3 Å². The van der Waals surface area contributed by atoms with Crippen molar-refractivity contribution in [2.24, 2.45) is 0 Å². The predicted octanol–water partition coefficient (Wildman–Crippen LogP) is 1.33. The molecule has 0 fully saturated rings. The third-order valence-corrected chi connectivity index (χ3v) is 3.30. The van der Waals surface area contributed by atoms with E-state index in [2.05, 4.69) is 20.5 Å². The SMILES string of the molecule is CCC(NC(=O)c1nc(N)n[nH]1)c1cccs1. The van der Waals surface area contributed by atoms with Crippen LogP contribution >= 0.6 is 11.3 Å². The van der Waals surface area contributed by atoms with Gasteiger partial charge in [-0.1, -0.05) is 13.0 Å². The zero-order valence-electron chi connectivity index (χ0n) is 9.30. The molecule has 0 bridgehead atoms. The fraction of sp³-hybridized carbons (Fsp3) is 0.300. The summed E-state index contributed by atoms with van der Waals surface area (Å²) < 4.78 is 0. The topological polar surface area (TPSA) is 96.7 Å². The van der Waals surface area contributed by atoms with E-state index in [0.29, 0.717) is 0 Å². The van der Waals surface area contributed by atoms with Gasteiger partial charge >= 0.3 is 0 Å². The second-order valence-electron chi connectivity index (χ2n) is 3.49. The first kappa shape index (κ1) is 11.6. The molecule has 7 heteroatoms. The summed E-state index contributed by atoms with van der Waals surface area (Å²) in [6, 6.07) is 3.95. The summed E-state index contributed by atoms with van der Waals surface area (Å²) in [6.07, 6.45) is 0.815. The molecular formula is C10H13N5OS. The standard InChI is InChI=1S/C10H13N5OS/c1-2-6(7-4-3-5-17-7)12-9(16)8-13-10(11)15-14-8/h3-6H,2H2,1H3,(H,12,16)(H3,11,13,14,15). The van der Waals surface area contributed by atoms with E-state index in [-0.39, 0.29) is 23.7 Å². The fourth-order valence-corrected chi connectivity index (χ4v) is 2.33. The molecule has 0 saturated carbocycles. The number of nitrogens with two attached hydrogens (primary N) is 1. The number of carbonyl (C=O) groups is 1. The monoisotopic (exact) mass is 251 g/mol. The summed E-state index contributed by atoms with van der Waals surface area (Å²) in [5.41, 5.74) is 5.34. The first-order valence-corrected chi connectivity index (χ1v) is 6.10. The summed E-state index contributed by atoms with van der Waals surface area (Å²) in [6.45, 7) is 2.01. The van der Waals surface area contributed by atoms with Gasteiger partial charge in [-0.2, -0.15) is 4.98 Å². The second kappa shape index (κ2) is 4.96. The van der Waals surface area contributed by atoms with Crippen molar-refractivity contribution >= 4 is 23.2 Å². The van der Waals surface area contributed by atoms with E-state index in [1.165, 1.54) is 0 Å². The number of aromatic amines is 1. The van der Waals surface area contributed by atoms with Crippen molar-refractivity contribution in [3.05, 3.63) is 28.2 Å². The van der Waals surface area contributed by atoms with Gasteiger partial charge in [0.1, 0.15) is 0 Å². The van der Waals surface area contributed by atoms with Crippen LogP contribution in [0.15, 0.2) is 17.5 Å². The van der Waals surface area contributed by atoms with Crippen LogP contribution in [0, 0.1) is 0 Å². The molecule has 2 heterocycles. The summed E-state index contributed by atoms with van der Waals surface area (Å²) in [7, 11) is 0. The number of nitrogens with zero attached hydrogens (tertiary/aromatic N) is 2. The van der Waals surface area contributed by atoms with E-state index in [1.807, 2.05) is 24.4 Å². The third-order valence-electron chi connectivity index (χ3n) is 2.32. The van der Waals surface area contributed by atoms with Crippen LogP contribution in [-0.2, 0) is 0 Å². The van der Waals surface area contributed by atoms with Gasteiger partial charge in [0, 0.05) is 4.88 Å². The third kappa shape index (κ3) is 2.62. The molecule has 1 unspecified atom stereocenters. The van der Waals surface area contributed by atoms with Crippen LogP contribution in [0.1, 0.15) is 34.9 Å². The molecule has 0 radical (unpaired) electrons. The normalized spacial score (nSPS) is 12.3. The Balaban J connectivity index is 2.07. The summed E-state index contributed by atoms with van der Waals surface area (Å²) in [5.74, 6) is -0.0914. The highest BCUT2D eigenvalue weighted by Gasteiger charge is 2.17. The summed E-state index contributed by atoms with van der Waals surface area (Å²) in [5, 5.41) is 11.0. The highest BCUT2D eigenvalue weighted by molar-refractivity contribution is 7.10. The van der Waals surface area contributed by atoms with Crippen LogP contribution in [-0.4, -0.2) is 21.1 Å². The molecular weight excluding hydrogens is 238 g/mol. The van der Waals surface area contributed by atoms with Crippen molar-refractivity contribution in [2.45, 2.75) is 19.4 Å². The Labute approximate surface area is 102 Å². The van der Waals surface area contributed by atoms with Gasteiger partial charge in [-0.25, -0.2) is 0 Å². The predicted molar refractivity (Wildman–Crippen MR) is 65.6 cm³/mol. The zero-order valence-corrected chi connectivity index (χ0v) is 10.1. The fourth-order valence-electron chi connectivity index (χ4n) is 1.47. The largest absolute Gasteiger partial charge is 0.366 e. The molecule has 4 N–H and O–H groups in total. The van der Waals surface area contributed by atoms with Gasteiger partial charge in [0.15, 0.2) is 0 Å². The average Bonchev–Trinajstić information content (AvgIpc) is 2.96. The quantitative estimate of drug-likeness (QED) is 0.763. The Morgan fingerprint density at radius 3 is 3.06 bits per heavy atom. The molecule has 0 aliphatic carbocycles. The van der Waals surface area contributed by atoms with Gasteiger partial charge in [-0.05, 0) is 17.9 Å². The molecule has 0 aliphatic heterocycles. The number of rotatable bonds is 4. The number of nitrogens with one attached hydrogen (secondary N) is 2. The maximum atomic E-state index is 11.8. The number of hydrogen-bond donors (Lipinski definition) is 3. The molecule has 1 atom stereocenters. The Bertz CT molecular complexity index is 493. The van der Waals surface area contributed by atoms with Crippen LogP contribution in [0.25, 0.3) is 0 Å². The minimum Gasteiger partial charge on any atom is -0.366 e. The van der Waals surface area contributed by atoms with Gasteiger partial charge in [0.25, 0.3) is 5.91 Å². The molecule has 17 heavy (non-hydrogen) atoms. The molecule has 2 aromatic heterocycles. The van der Waals surface area contributed by atoms with Crippen molar-refractivity contribution in [3.63, 3.8) is 0 Å². The van der Waals surface area contributed by atoms with Crippen LogP contribution < -0.4 is 11.1 Å². The minimum absolute atomic E-state index is 0.00572. The maximum Gasteiger partial charge on any atom is 0.289 e. The molecule has 2 rings (SSSR count). The maximum absolute atomic E-state index is 11.8. The van der Waals surface area contributed by atoms with Crippen molar-refractivity contribution in [2.75, 3.05) is 5.73 Å². The molecule has 90 valence electrons. The summed E-state index contributed by atoms with van der Waals surface area (Å²) >= 11 is 1.61. The number of hydrogen-bond acceptors (Lipinski definition) is 5. The smallest absolute Gasteiger partial charge is 0.289 e. The summed E-state index contributed by atoms with van der Waals surface area (Å²) in [4.78, 5) is 16.7. The number of carbonyl (C=O) groups excluding carboxylic acids is 1. The Morgan fingerprint density at radius 2 is 2.53 bits per heavy atom. The van der Waals surface area contributed by atoms with Gasteiger partial charge in [-0.3, -0.25) is 9.89 Å². The minimum atomic E-state index is -0.297. The van der Waals surface area contributed by atoms with Crippen molar-refractivity contribution in [3.8, 4) is 0 Å². The number of nitrogen functional groups attached to an aromatic ring is 1. The lowest BCUT2D eigenvalue weighted by Gasteiger charge is -2.13. The van der Waals surface area contributed by atoms with Gasteiger partial charge < -0.3 is 11.1 Å². The Hall–Kier alpha value is -1.89. The number of anilines is 1. The molecule has 0 aromatic carbocycles. The first-order valence-electron chi connectivity index (χ1n) is 5.23. The molecule has 1 amide bonds. The lowest BCUT2D eigenvalue weighted by molar-refractivity contribution is 0.0926. The second-order valence-corrected chi connectivity index (χ2v) is 4.47. The molecule has 0 spiro atoms. The lowest BCUT2D eigenvalue weighted by atomic mass is 10.2. The van der Waals surface area contributed by atoms with Crippen LogP contribution in [0.2, 0.25) is 0 Å². The van der Waals surface area contributed by atoms with Gasteiger partial charge in [-0.15, -0.1) is 16.4 Å². The average molecular weight is 251 g/mol. The highest BCUT2D eigenvalue weighted by atomic mass is 32.1. The zero-order chi connectivity index (χ0) is 12.3. The Morgan fingerprint density at radius 1 is 1.71 bits per heavy atom. The van der Waals surface area contributed by atoms with Crippen LogP contribution in [0.4, 0.5) is 5.95 Å². The Kier molecular flexibility index (Phi) is 3.38. The van der Waals surface area contributed by atoms with E-state index >= 15 is 0 Å². The van der Waals surface area contributed by atoms with Crippen molar-refractivity contribution in [1.29, 1.82) is 0 Å². The van der Waals surface area contributed by atoms with E-state index < -0.39 is 0 Å². The van der Waals surface area contributed by atoms with E-state index in [4.69, 9.17) is 5.73 Å². The number of amides is 1. The molecule has 6 nitrogen and oxygen atoms in total. The van der Waals surface area contributed by atoms with E-state index in [9.17, 15) is 4.79 Å². The molecule has 0 saturated heterocycles. The number of H-pyrrole nitrogens is 1. The molecule has 2 aromatic rings. The first-order chi connectivity index (χ1) is 8.20. The van der Waals surface area contributed by atoms with Crippen molar-refractivity contribution in [1.82, 2.24) is 20.5 Å².